The van der Waals surface area contributed by atoms with Gasteiger partial charge in [0, 0.05) is 0 Å². The highest BCUT2D eigenvalue weighted by molar-refractivity contribution is 5.93. The lowest BCUT2D eigenvalue weighted by Crippen LogP contribution is -2.12. The Balaban J connectivity index is 2.14. The molecule has 0 aliphatic heterocycles. The van der Waals surface area contributed by atoms with Crippen molar-refractivity contribution in [3.63, 3.8) is 0 Å². The number of hydrogen-bond donors (Lipinski definition) is 0. The average Bonchev–Trinajstić information content (AvgIpc) is 2.53. The molecule has 2 aromatic carbocycles. The van der Waals surface area contributed by atoms with E-state index >= 15 is 0 Å². The van der Waals surface area contributed by atoms with Gasteiger partial charge < -0.3 is 9.47 Å². The number of aryl methyl sites for hydroxylation is 1. The zero-order chi connectivity index (χ0) is 15.1. The number of esters is 1. The van der Waals surface area contributed by atoms with Crippen molar-refractivity contribution in [2.75, 3.05) is 13.7 Å². The van der Waals surface area contributed by atoms with Crippen LogP contribution in [0.3, 0.4) is 0 Å². The first kappa shape index (κ1) is 14.9. The van der Waals surface area contributed by atoms with Crippen molar-refractivity contribution in [3.8, 4) is 5.75 Å². The number of ether oxygens (including phenoxy) is 2. The molecule has 108 valence electrons. The van der Waals surface area contributed by atoms with Crippen molar-refractivity contribution in [3.05, 3.63) is 71.3 Å². The molecule has 0 unspecified atom stereocenters. The van der Waals surface area contributed by atoms with E-state index < -0.39 is 0 Å². The van der Waals surface area contributed by atoms with Gasteiger partial charge in [-0.15, -0.1) is 0 Å². The molecule has 0 bridgehead atoms. The number of benzene rings is 2. The SMILES string of the molecule is COC(=O)/C(=C/c1ccc(C)cc1)COc1ccccc1. The standard InChI is InChI=1S/C18H18O3/c1-14-8-10-15(11-9-14)12-16(18(19)20-2)13-21-17-6-4-3-5-7-17/h3-12H,13H2,1-2H3/b16-12+. The Labute approximate surface area is 124 Å². The smallest absolute Gasteiger partial charge is 0.337 e. The fourth-order valence-corrected chi connectivity index (χ4v) is 1.83. The van der Waals surface area contributed by atoms with E-state index in [1.54, 1.807) is 6.08 Å². The van der Waals surface area contributed by atoms with Gasteiger partial charge in [-0.1, -0.05) is 48.0 Å². The molecule has 0 saturated carbocycles. The van der Waals surface area contributed by atoms with E-state index in [4.69, 9.17) is 9.47 Å². The van der Waals surface area contributed by atoms with Gasteiger partial charge in [0.15, 0.2) is 0 Å². The number of rotatable bonds is 5. The van der Waals surface area contributed by atoms with Crippen molar-refractivity contribution in [1.82, 2.24) is 0 Å². The van der Waals surface area contributed by atoms with Crippen LogP contribution in [-0.4, -0.2) is 19.7 Å². The lowest BCUT2D eigenvalue weighted by molar-refractivity contribution is -0.136. The van der Waals surface area contributed by atoms with Crippen LogP contribution in [0, 0.1) is 6.92 Å². The fourth-order valence-electron chi connectivity index (χ4n) is 1.83. The van der Waals surface area contributed by atoms with Crippen molar-refractivity contribution < 1.29 is 14.3 Å². The molecule has 2 rings (SSSR count). The van der Waals surface area contributed by atoms with Gasteiger partial charge in [-0.3, -0.25) is 0 Å². The quantitative estimate of drug-likeness (QED) is 0.620. The molecule has 21 heavy (non-hydrogen) atoms. The molecule has 0 radical (unpaired) electrons. The lowest BCUT2D eigenvalue weighted by atomic mass is 10.1. The van der Waals surface area contributed by atoms with Crippen molar-refractivity contribution in [2.24, 2.45) is 0 Å². The maximum atomic E-state index is 11.8. The summed E-state index contributed by atoms with van der Waals surface area (Å²) in [6, 6.07) is 17.3. The van der Waals surface area contributed by atoms with Gasteiger partial charge in [-0.05, 0) is 30.7 Å². The molecule has 2 aromatic rings. The van der Waals surface area contributed by atoms with Crippen LogP contribution in [-0.2, 0) is 9.53 Å². The van der Waals surface area contributed by atoms with E-state index in [0.717, 1.165) is 11.3 Å². The van der Waals surface area contributed by atoms with Crippen molar-refractivity contribution >= 4 is 12.0 Å². The largest absolute Gasteiger partial charge is 0.489 e. The van der Waals surface area contributed by atoms with Crippen LogP contribution in [0.15, 0.2) is 60.2 Å². The third-order valence-corrected chi connectivity index (χ3v) is 3.00. The molecule has 0 N–H and O–H groups in total. The monoisotopic (exact) mass is 282 g/mol. The molecule has 0 aliphatic carbocycles. The van der Waals surface area contributed by atoms with Crippen LogP contribution in [0.2, 0.25) is 0 Å². The normalized spacial score (nSPS) is 11.0. The van der Waals surface area contributed by atoms with Gasteiger partial charge in [0.1, 0.15) is 12.4 Å². The van der Waals surface area contributed by atoms with E-state index in [1.807, 2.05) is 61.5 Å². The molecule has 0 aromatic heterocycles. The zero-order valence-electron chi connectivity index (χ0n) is 12.2. The molecule has 0 aliphatic rings. The summed E-state index contributed by atoms with van der Waals surface area (Å²) in [5.41, 5.74) is 2.59. The summed E-state index contributed by atoms with van der Waals surface area (Å²) in [5, 5.41) is 0. The second-order valence-corrected chi connectivity index (χ2v) is 4.67. The lowest BCUT2D eigenvalue weighted by Gasteiger charge is -2.08. The van der Waals surface area contributed by atoms with Crippen LogP contribution in [0.5, 0.6) is 5.75 Å². The van der Waals surface area contributed by atoms with E-state index in [-0.39, 0.29) is 12.6 Å². The van der Waals surface area contributed by atoms with Gasteiger partial charge in [-0.25, -0.2) is 4.79 Å². The maximum absolute atomic E-state index is 11.8. The second-order valence-electron chi connectivity index (χ2n) is 4.67. The summed E-state index contributed by atoms with van der Waals surface area (Å²) >= 11 is 0. The summed E-state index contributed by atoms with van der Waals surface area (Å²) in [6.45, 7) is 2.19. The van der Waals surface area contributed by atoms with E-state index in [0.29, 0.717) is 5.57 Å². The third-order valence-electron chi connectivity index (χ3n) is 3.00. The molecular weight excluding hydrogens is 264 g/mol. The van der Waals surface area contributed by atoms with E-state index in [9.17, 15) is 4.79 Å². The number of para-hydroxylation sites is 1. The van der Waals surface area contributed by atoms with E-state index in [1.165, 1.54) is 12.7 Å². The van der Waals surface area contributed by atoms with Gasteiger partial charge in [-0.2, -0.15) is 0 Å². The fraction of sp³-hybridized carbons (Fsp3) is 0.167. The summed E-state index contributed by atoms with van der Waals surface area (Å²) < 4.78 is 10.4. The number of carbonyl (C=O) groups is 1. The number of carbonyl (C=O) groups excluding carboxylic acids is 1. The highest BCUT2D eigenvalue weighted by Gasteiger charge is 2.10. The highest BCUT2D eigenvalue weighted by Crippen LogP contribution is 2.13. The summed E-state index contributed by atoms with van der Waals surface area (Å²) in [5.74, 6) is 0.336. The van der Waals surface area contributed by atoms with Gasteiger partial charge in [0.05, 0.1) is 12.7 Å². The molecule has 3 nitrogen and oxygen atoms in total. The predicted molar refractivity (Wildman–Crippen MR) is 83.1 cm³/mol. The molecule has 0 spiro atoms. The molecule has 0 fully saturated rings. The van der Waals surface area contributed by atoms with E-state index in [2.05, 4.69) is 0 Å². The van der Waals surface area contributed by atoms with Gasteiger partial charge in [0.2, 0.25) is 0 Å². The first-order valence-electron chi connectivity index (χ1n) is 6.72. The summed E-state index contributed by atoms with van der Waals surface area (Å²) in [4.78, 5) is 11.8. The zero-order valence-corrected chi connectivity index (χ0v) is 12.2. The topological polar surface area (TPSA) is 35.5 Å². The predicted octanol–water partition coefficient (Wildman–Crippen LogP) is 3.63. The van der Waals surface area contributed by atoms with Crippen LogP contribution in [0.4, 0.5) is 0 Å². The summed E-state index contributed by atoms with van der Waals surface area (Å²) in [7, 11) is 1.37. The Morgan fingerprint density at radius 2 is 1.71 bits per heavy atom. The highest BCUT2D eigenvalue weighted by atomic mass is 16.5. The third kappa shape index (κ3) is 4.49. The minimum Gasteiger partial charge on any atom is -0.489 e. The van der Waals surface area contributed by atoms with Crippen LogP contribution < -0.4 is 4.74 Å². The number of hydrogen-bond acceptors (Lipinski definition) is 3. The molecule has 0 saturated heterocycles. The Morgan fingerprint density at radius 3 is 2.33 bits per heavy atom. The number of methoxy groups -OCH3 is 1. The molecule has 0 amide bonds. The van der Waals surface area contributed by atoms with Crippen molar-refractivity contribution in [2.45, 2.75) is 6.92 Å². The molecule has 0 atom stereocenters. The summed E-state index contributed by atoms with van der Waals surface area (Å²) in [6.07, 6.45) is 1.79. The first-order valence-corrected chi connectivity index (χ1v) is 6.72. The first-order chi connectivity index (χ1) is 10.2. The minimum atomic E-state index is -0.383. The second kappa shape index (κ2) is 7.29. The molecular formula is C18H18O3. The Hall–Kier alpha value is -2.55. The maximum Gasteiger partial charge on any atom is 0.337 e. The van der Waals surface area contributed by atoms with Crippen LogP contribution in [0.1, 0.15) is 11.1 Å². The van der Waals surface area contributed by atoms with Gasteiger partial charge in [0.25, 0.3) is 0 Å². The van der Waals surface area contributed by atoms with Crippen molar-refractivity contribution in [1.29, 1.82) is 0 Å². The Bertz CT molecular complexity index is 613. The van der Waals surface area contributed by atoms with Crippen LogP contribution >= 0.6 is 0 Å². The van der Waals surface area contributed by atoms with Crippen LogP contribution in [0.25, 0.3) is 6.08 Å². The molecule has 3 heteroatoms. The van der Waals surface area contributed by atoms with Gasteiger partial charge >= 0.3 is 5.97 Å². The Kier molecular flexibility index (Phi) is 5.16. The Morgan fingerprint density at radius 1 is 1.05 bits per heavy atom. The minimum absolute atomic E-state index is 0.171. The molecule has 0 heterocycles. The average molecular weight is 282 g/mol.